The molecule has 2 amide bonds. The van der Waals surface area contributed by atoms with Crippen molar-refractivity contribution in [2.24, 2.45) is 0 Å². The van der Waals surface area contributed by atoms with E-state index < -0.39 is 12.0 Å². The number of carbonyl (C=O) groups excluding carboxylic acids is 3. The number of amides is 2. The van der Waals surface area contributed by atoms with Gasteiger partial charge >= 0.3 is 5.97 Å². The van der Waals surface area contributed by atoms with Gasteiger partial charge in [-0.25, -0.2) is 0 Å². The van der Waals surface area contributed by atoms with Gasteiger partial charge in [0.25, 0.3) is 5.91 Å². The lowest BCUT2D eigenvalue weighted by atomic mass is 10.1. The van der Waals surface area contributed by atoms with Gasteiger partial charge in [-0.2, -0.15) is 0 Å². The number of nitrogens with one attached hydrogen (secondary N) is 1. The van der Waals surface area contributed by atoms with Crippen molar-refractivity contribution in [1.82, 2.24) is 10.2 Å². The molecule has 1 aliphatic rings. The van der Waals surface area contributed by atoms with Crippen molar-refractivity contribution >= 4 is 40.4 Å². The normalized spacial score (nSPS) is 17.3. The lowest BCUT2D eigenvalue weighted by Gasteiger charge is -2.34. The highest BCUT2D eigenvalue weighted by Gasteiger charge is 2.35. The molecule has 0 aromatic heterocycles. The van der Waals surface area contributed by atoms with Gasteiger partial charge in [-0.3, -0.25) is 14.4 Å². The first-order chi connectivity index (χ1) is 11.5. The fourth-order valence-electron chi connectivity index (χ4n) is 2.50. The molecule has 1 atom stereocenters. The summed E-state index contributed by atoms with van der Waals surface area (Å²) >= 11 is 2.13. The van der Waals surface area contributed by atoms with Crippen molar-refractivity contribution in [2.45, 2.75) is 32.2 Å². The van der Waals surface area contributed by atoms with Crippen LogP contribution in [0.15, 0.2) is 24.3 Å². The third kappa shape index (κ3) is 4.93. The lowest BCUT2D eigenvalue weighted by molar-refractivity contribution is -0.147. The van der Waals surface area contributed by atoms with E-state index in [1.54, 1.807) is 18.2 Å². The van der Waals surface area contributed by atoms with Crippen molar-refractivity contribution in [3.63, 3.8) is 0 Å². The topological polar surface area (TPSA) is 75.7 Å². The zero-order valence-corrected chi connectivity index (χ0v) is 15.7. The van der Waals surface area contributed by atoms with Crippen LogP contribution in [-0.4, -0.2) is 48.4 Å². The Morgan fingerprint density at radius 3 is 2.92 bits per heavy atom. The zero-order chi connectivity index (χ0) is 17.5. The van der Waals surface area contributed by atoms with Gasteiger partial charge in [-0.05, 0) is 47.2 Å². The van der Waals surface area contributed by atoms with E-state index in [2.05, 4.69) is 27.9 Å². The molecule has 0 bridgehead atoms. The van der Waals surface area contributed by atoms with Crippen LogP contribution in [0.25, 0.3) is 0 Å². The van der Waals surface area contributed by atoms with Crippen molar-refractivity contribution in [1.29, 1.82) is 0 Å². The highest BCUT2D eigenvalue weighted by molar-refractivity contribution is 14.1. The monoisotopic (exact) mass is 444 g/mol. The minimum Gasteiger partial charge on any atom is -0.466 e. The molecule has 1 aliphatic heterocycles. The number of hydrogen-bond donors (Lipinski definition) is 1. The summed E-state index contributed by atoms with van der Waals surface area (Å²) < 4.78 is 6.07. The van der Waals surface area contributed by atoms with Gasteiger partial charge in [0.1, 0.15) is 6.04 Å². The number of ether oxygens (including phenoxy) is 1. The molecule has 1 N–H and O–H groups in total. The predicted octanol–water partition coefficient (Wildman–Crippen LogP) is 1.97. The van der Waals surface area contributed by atoms with Crippen molar-refractivity contribution in [3.05, 3.63) is 33.4 Å². The van der Waals surface area contributed by atoms with E-state index in [9.17, 15) is 14.4 Å². The molecule has 1 fully saturated rings. The Morgan fingerprint density at radius 1 is 1.42 bits per heavy atom. The molecule has 1 aromatic rings. The molecule has 130 valence electrons. The molecule has 1 heterocycles. The number of piperazine rings is 1. The zero-order valence-electron chi connectivity index (χ0n) is 13.6. The fourth-order valence-corrected chi connectivity index (χ4v) is 3.04. The van der Waals surface area contributed by atoms with Crippen LogP contribution in [0.1, 0.15) is 36.5 Å². The van der Waals surface area contributed by atoms with Crippen LogP contribution in [0.4, 0.5) is 0 Å². The molecule has 1 aromatic carbocycles. The van der Waals surface area contributed by atoms with Crippen LogP contribution in [0, 0.1) is 3.57 Å². The average Bonchev–Trinajstić information content (AvgIpc) is 2.56. The van der Waals surface area contributed by atoms with E-state index in [1.807, 2.05) is 13.0 Å². The molecular weight excluding hydrogens is 423 g/mol. The number of hydrogen-bond acceptors (Lipinski definition) is 4. The maximum atomic E-state index is 12.7. The molecule has 0 aliphatic carbocycles. The Kier molecular flexibility index (Phi) is 7.01. The molecule has 1 unspecified atom stereocenters. The lowest BCUT2D eigenvalue weighted by Crippen LogP contribution is -2.57. The predicted molar refractivity (Wildman–Crippen MR) is 97.5 cm³/mol. The van der Waals surface area contributed by atoms with Crippen molar-refractivity contribution in [3.8, 4) is 0 Å². The van der Waals surface area contributed by atoms with E-state index in [0.717, 1.165) is 16.4 Å². The minimum absolute atomic E-state index is 0.120. The van der Waals surface area contributed by atoms with Gasteiger partial charge in [0, 0.05) is 22.2 Å². The summed E-state index contributed by atoms with van der Waals surface area (Å²) in [5.41, 5.74) is 0.515. The summed E-state index contributed by atoms with van der Waals surface area (Å²) in [6.45, 7) is 3.11. The van der Waals surface area contributed by atoms with E-state index in [0.29, 0.717) is 25.3 Å². The van der Waals surface area contributed by atoms with Crippen LogP contribution in [0.2, 0.25) is 0 Å². The summed E-state index contributed by atoms with van der Waals surface area (Å²) in [5.74, 6) is -1.01. The van der Waals surface area contributed by atoms with Crippen LogP contribution in [0.3, 0.4) is 0 Å². The van der Waals surface area contributed by atoms with Gasteiger partial charge < -0.3 is 15.0 Å². The largest absolute Gasteiger partial charge is 0.466 e. The minimum atomic E-state index is -0.821. The van der Waals surface area contributed by atoms with E-state index in [1.165, 1.54) is 4.90 Å². The summed E-state index contributed by atoms with van der Waals surface area (Å²) in [5, 5.41) is 2.71. The molecular formula is C17H21IN2O4. The van der Waals surface area contributed by atoms with Gasteiger partial charge in [-0.1, -0.05) is 19.4 Å². The molecule has 0 saturated carbocycles. The smallest absolute Gasteiger partial charge is 0.308 e. The fraction of sp³-hybridized carbons (Fsp3) is 0.471. The quantitative estimate of drug-likeness (QED) is 0.414. The van der Waals surface area contributed by atoms with Gasteiger partial charge in [-0.15, -0.1) is 0 Å². The van der Waals surface area contributed by atoms with Crippen LogP contribution in [0.5, 0.6) is 0 Å². The number of halogens is 1. The molecule has 6 nitrogen and oxygen atoms in total. The Labute approximate surface area is 155 Å². The van der Waals surface area contributed by atoms with Crippen molar-refractivity contribution < 1.29 is 19.1 Å². The number of carbonyl (C=O) groups is 3. The second-order valence-corrected chi connectivity index (χ2v) is 6.84. The Hall–Kier alpha value is -1.64. The van der Waals surface area contributed by atoms with Crippen LogP contribution in [-0.2, 0) is 14.3 Å². The van der Waals surface area contributed by atoms with E-state index >= 15 is 0 Å². The maximum absolute atomic E-state index is 12.7. The first kappa shape index (κ1) is 18.7. The highest BCUT2D eigenvalue weighted by Crippen LogP contribution is 2.16. The summed E-state index contributed by atoms with van der Waals surface area (Å²) in [7, 11) is 0. The molecule has 0 spiro atoms. The number of nitrogens with zero attached hydrogens (tertiary/aromatic N) is 1. The first-order valence-electron chi connectivity index (χ1n) is 8.02. The van der Waals surface area contributed by atoms with Crippen LogP contribution < -0.4 is 5.32 Å². The van der Waals surface area contributed by atoms with Gasteiger partial charge in [0.05, 0.1) is 13.0 Å². The summed E-state index contributed by atoms with van der Waals surface area (Å²) in [6.07, 6.45) is 1.59. The van der Waals surface area contributed by atoms with Crippen molar-refractivity contribution in [2.75, 3.05) is 19.7 Å². The number of benzene rings is 1. The summed E-state index contributed by atoms with van der Waals surface area (Å²) in [6, 6.07) is 6.36. The number of esters is 1. The number of rotatable bonds is 6. The van der Waals surface area contributed by atoms with Crippen LogP contribution >= 0.6 is 22.6 Å². The molecule has 7 heteroatoms. The van der Waals surface area contributed by atoms with E-state index in [-0.39, 0.29) is 18.2 Å². The third-order valence-corrected chi connectivity index (χ3v) is 4.46. The maximum Gasteiger partial charge on any atom is 0.308 e. The standard InChI is InChI=1S/C17H21IN2O4/c1-2-3-9-24-15(21)11-14-16(22)19-7-8-20(14)17(23)12-5-4-6-13(18)10-12/h4-6,10,14H,2-3,7-9,11H2,1H3,(H,19,22). The molecule has 24 heavy (non-hydrogen) atoms. The Morgan fingerprint density at radius 2 is 2.21 bits per heavy atom. The van der Waals surface area contributed by atoms with E-state index in [4.69, 9.17) is 4.74 Å². The molecule has 0 radical (unpaired) electrons. The van der Waals surface area contributed by atoms with Gasteiger partial charge in [0.2, 0.25) is 5.91 Å². The second-order valence-electron chi connectivity index (χ2n) is 5.59. The SMILES string of the molecule is CCCCOC(=O)CC1C(=O)NCCN1C(=O)c1cccc(I)c1. The van der Waals surface area contributed by atoms with Gasteiger partial charge in [0.15, 0.2) is 0 Å². The molecule has 2 rings (SSSR count). The third-order valence-electron chi connectivity index (χ3n) is 3.78. The highest BCUT2D eigenvalue weighted by atomic mass is 127. The second kappa shape index (κ2) is 9.00. The Balaban J connectivity index is 2.09. The summed E-state index contributed by atoms with van der Waals surface area (Å²) in [4.78, 5) is 38.3. The molecule has 1 saturated heterocycles. The first-order valence-corrected chi connectivity index (χ1v) is 9.10. The number of unbranched alkanes of at least 4 members (excludes halogenated alkanes) is 1. The Bertz CT molecular complexity index is 620. The average molecular weight is 444 g/mol.